The normalized spacial score (nSPS) is 0. The fraction of sp³-hybridized carbons (Fsp3) is 0. The molecule has 0 saturated carbocycles. The number of rotatable bonds is 0. The van der Waals surface area contributed by atoms with Gasteiger partial charge in [0.2, 0.25) is 0 Å². The van der Waals surface area contributed by atoms with Gasteiger partial charge in [0.25, 0.3) is 0 Å². The van der Waals surface area contributed by atoms with E-state index in [4.69, 9.17) is 0 Å². The van der Waals surface area contributed by atoms with Gasteiger partial charge in [-0.3, -0.25) is 0 Å². The molecule has 5 heavy (non-hydrogen) atoms. The van der Waals surface area contributed by atoms with Crippen LogP contribution < -0.4 is 0 Å². The Kier molecular flexibility index (Phi) is 279. The molecule has 0 atom stereocenters. The first-order valence-electron chi connectivity index (χ1n) is 0. The Balaban J connectivity index is 0. The zero-order valence-electron chi connectivity index (χ0n) is 1.41. The topological polar surface area (TPSA) is 63.0 Å². The molecule has 0 aliphatic rings. The minimum absolute atomic E-state index is 0. The van der Waals surface area contributed by atoms with E-state index in [-0.39, 0.29) is 98.8 Å². The first-order chi connectivity index (χ1) is 0. The van der Waals surface area contributed by atoms with E-state index in [2.05, 4.69) is 0 Å². The average Bonchev–Trinajstić information content (AvgIpc) is 0. The quantitative estimate of drug-likeness (QED) is 0.335. The Morgan fingerprint density at radius 2 is 0.600 bits per heavy atom. The van der Waals surface area contributed by atoms with Crippen molar-refractivity contribution in [2.45, 2.75) is 0 Å². The second kappa shape index (κ2) is 29.7. The predicted molar refractivity (Wildman–Crippen MR) is 31.6 cm³/mol. The molecule has 0 amide bonds. The van der Waals surface area contributed by atoms with E-state index >= 15 is 0 Å². The average molecular weight is 157 g/mol. The summed E-state index contributed by atoms with van der Waals surface area (Å²) in [6, 6.07) is 0. The van der Waals surface area contributed by atoms with Gasteiger partial charge < -0.3 is 11.0 Å². The van der Waals surface area contributed by atoms with Gasteiger partial charge in [-0.25, -0.2) is 0 Å². The van der Waals surface area contributed by atoms with Gasteiger partial charge in [-0.05, 0) is 0 Å². The van der Waals surface area contributed by atoms with Gasteiger partial charge >= 0.3 is 75.5 Å². The zero-order chi connectivity index (χ0) is 0. The van der Waals surface area contributed by atoms with Crippen molar-refractivity contribution >= 4 is 87.9 Å². The SMILES string of the molecule is Cl.O.O.[CaH2].[CaH2]. The van der Waals surface area contributed by atoms with E-state index < -0.39 is 0 Å². The number of hydrogen-bond acceptors (Lipinski definition) is 0. The summed E-state index contributed by atoms with van der Waals surface area (Å²) in [5.74, 6) is 0. The van der Waals surface area contributed by atoms with Crippen molar-refractivity contribution in [3.63, 3.8) is 0 Å². The molecule has 0 fully saturated rings. The van der Waals surface area contributed by atoms with Gasteiger partial charge in [0.05, 0.1) is 0 Å². The third-order valence-corrected chi connectivity index (χ3v) is 0. The Hall–Kier alpha value is 2.73. The Labute approximate surface area is 96.7 Å². The number of halogens is 1. The fourth-order valence-electron chi connectivity index (χ4n) is 0. The van der Waals surface area contributed by atoms with Crippen molar-refractivity contribution in [2.24, 2.45) is 0 Å². The van der Waals surface area contributed by atoms with Crippen LogP contribution in [0.2, 0.25) is 0 Å². The van der Waals surface area contributed by atoms with E-state index in [0.717, 1.165) is 0 Å². The monoisotopic (exact) mass is 156 g/mol. The van der Waals surface area contributed by atoms with Gasteiger partial charge in [0.15, 0.2) is 0 Å². The maximum absolute atomic E-state index is 0. The summed E-state index contributed by atoms with van der Waals surface area (Å²) >= 11 is 0. The van der Waals surface area contributed by atoms with Crippen molar-refractivity contribution in [1.29, 1.82) is 0 Å². The van der Waals surface area contributed by atoms with Gasteiger partial charge in [0, 0.05) is 0 Å². The molecule has 5 heteroatoms. The van der Waals surface area contributed by atoms with Gasteiger partial charge in [-0.1, -0.05) is 0 Å². The van der Waals surface area contributed by atoms with Crippen LogP contribution in [0.4, 0.5) is 0 Å². The Morgan fingerprint density at radius 3 is 0.600 bits per heavy atom. The van der Waals surface area contributed by atoms with Crippen LogP contribution in [-0.2, 0) is 0 Å². The van der Waals surface area contributed by atoms with Gasteiger partial charge in [0.1, 0.15) is 0 Å². The molecule has 0 bridgehead atoms. The van der Waals surface area contributed by atoms with Crippen molar-refractivity contribution in [2.75, 3.05) is 0 Å². The van der Waals surface area contributed by atoms with Crippen LogP contribution in [0.1, 0.15) is 0 Å². The molecule has 0 radical (unpaired) electrons. The Bertz CT molecular complexity index is 7.61. The zero-order valence-corrected chi connectivity index (χ0v) is 2.22. The molecule has 0 aromatic carbocycles. The molecular formula is H9Ca2ClO2. The Morgan fingerprint density at radius 1 is 0.600 bits per heavy atom. The molecule has 32 valence electrons. The minimum atomic E-state index is 0. The molecule has 0 aromatic heterocycles. The maximum atomic E-state index is 0. The van der Waals surface area contributed by atoms with Crippen molar-refractivity contribution in [3.05, 3.63) is 0 Å². The van der Waals surface area contributed by atoms with Crippen LogP contribution in [0.5, 0.6) is 0 Å². The van der Waals surface area contributed by atoms with Crippen molar-refractivity contribution in [1.82, 2.24) is 0 Å². The first-order valence-corrected chi connectivity index (χ1v) is 0. The molecule has 0 unspecified atom stereocenters. The van der Waals surface area contributed by atoms with E-state index in [1.54, 1.807) is 0 Å². The summed E-state index contributed by atoms with van der Waals surface area (Å²) in [6.07, 6.45) is 0. The predicted octanol–water partition coefficient (Wildman–Crippen LogP) is -3.06. The van der Waals surface area contributed by atoms with E-state index in [0.29, 0.717) is 0 Å². The third-order valence-electron chi connectivity index (χ3n) is 0. The molecule has 0 aliphatic carbocycles. The van der Waals surface area contributed by atoms with E-state index in [1.165, 1.54) is 0 Å². The van der Waals surface area contributed by atoms with Crippen molar-refractivity contribution < 1.29 is 11.0 Å². The number of hydrogen-bond donors (Lipinski definition) is 0. The van der Waals surface area contributed by atoms with Crippen LogP contribution in [-0.4, -0.2) is 86.4 Å². The standard InChI is InChI=1S/2Ca.ClH.2H2O.4H/h;;1H;2*1H2;;;;. The summed E-state index contributed by atoms with van der Waals surface area (Å²) in [5.41, 5.74) is 0. The molecule has 0 aliphatic heterocycles. The van der Waals surface area contributed by atoms with E-state index in [1.807, 2.05) is 0 Å². The summed E-state index contributed by atoms with van der Waals surface area (Å²) in [4.78, 5) is 0. The van der Waals surface area contributed by atoms with Gasteiger partial charge in [-0.2, -0.15) is 0 Å². The molecule has 4 N–H and O–H groups in total. The third kappa shape index (κ3) is 20.2. The summed E-state index contributed by atoms with van der Waals surface area (Å²) in [5, 5.41) is 0. The molecule has 2 nitrogen and oxygen atoms in total. The first kappa shape index (κ1) is 47.0. The molecule has 0 aromatic rings. The van der Waals surface area contributed by atoms with Crippen LogP contribution in [0.3, 0.4) is 0 Å². The second-order valence-electron chi connectivity index (χ2n) is 0. The summed E-state index contributed by atoms with van der Waals surface area (Å²) < 4.78 is 0. The van der Waals surface area contributed by atoms with Crippen LogP contribution >= 0.6 is 12.4 Å². The van der Waals surface area contributed by atoms with Gasteiger partial charge in [-0.15, -0.1) is 12.4 Å². The van der Waals surface area contributed by atoms with E-state index in [9.17, 15) is 0 Å². The summed E-state index contributed by atoms with van der Waals surface area (Å²) in [7, 11) is 0. The molecular weight excluding hydrogens is 148 g/mol. The fourth-order valence-corrected chi connectivity index (χ4v) is 0. The van der Waals surface area contributed by atoms with Crippen molar-refractivity contribution in [3.8, 4) is 0 Å². The van der Waals surface area contributed by atoms with Crippen LogP contribution in [0.25, 0.3) is 0 Å². The molecule has 0 heterocycles. The molecule has 0 rings (SSSR count). The second-order valence-corrected chi connectivity index (χ2v) is 0. The molecule has 0 spiro atoms. The summed E-state index contributed by atoms with van der Waals surface area (Å²) in [6.45, 7) is 0. The van der Waals surface area contributed by atoms with Crippen LogP contribution in [0, 0.1) is 0 Å². The van der Waals surface area contributed by atoms with Crippen LogP contribution in [0.15, 0.2) is 0 Å². The molecule has 0 saturated heterocycles.